The molecule has 0 spiro atoms. The summed E-state index contributed by atoms with van der Waals surface area (Å²) in [6.45, 7) is 1.65. The SMILES string of the molecule is COc1cc2ncnc(N[C@H](C)c3cccc(C(F)F)c3F)c2cc1C1=CCS(=O)(=O)CC1. The third-order valence-corrected chi connectivity index (χ3v) is 7.18. The normalized spacial score (nSPS) is 16.5. The van der Waals surface area contributed by atoms with E-state index in [1.54, 1.807) is 25.1 Å². The highest BCUT2D eigenvalue weighted by molar-refractivity contribution is 7.91. The largest absolute Gasteiger partial charge is 0.496 e. The van der Waals surface area contributed by atoms with Gasteiger partial charge in [0.05, 0.1) is 35.7 Å². The summed E-state index contributed by atoms with van der Waals surface area (Å²) in [5.41, 5.74) is 1.55. The number of halogens is 3. The van der Waals surface area contributed by atoms with Gasteiger partial charge in [-0.2, -0.15) is 0 Å². The van der Waals surface area contributed by atoms with Crippen molar-refractivity contribution in [1.29, 1.82) is 0 Å². The first kappa shape index (κ1) is 23.0. The fourth-order valence-electron chi connectivity index (χ4n) is 3.90. The zero-order chi connectivity index (χ0) is 23.8. The average Bonchev–Trinajstić information content (AvgIpc) is 2.78. The molecule has 1 atom stereocenters. The number of hydrogen-bond acceptors (Lipinski definition) is 6. The maximum atomic E-state index is 14.6. The molecule has 1 aromatic heterocycles. The van der Waals surface area contributed by atoms with Crippen LogP contribution in [0.1, 0.15) is 42.5 Å². The highest BCUT2D eigenvalue weighted by Crippen LogP contribution is 2.36. The Morgan fingerprint density at radius 2 is 1.91 bits per heavy atom. The molecule has 4 rings (SSSR count). The van der Waals surface area contributed by atoms with Gasteiger partial charge in [0.1, 0.15) is 23.7 Å². The lowest BCUT2D eigenvalue weighted by molar-refractivity contribution is 0.146. The Kier molecular flexibility index (Phi) is 6.29. The van der Waals surface area contributed by atoms with Crippen molar-refractivity contribution < 1.29 is 26.3 Å². The number of methoxy groups -OCH3 is 1. The highest BCUT2D eigenvalue weighted by Gasteiger charge is 2.23. The van der Waals surface area contributed by atoms with E-state index in [0.29, 0.717) is 28.9 Å². The number of nitrogens with one attached hydrogen (secondary N) is 1. The van der Waals surface area contributed by atoms with Crippen LogP contribution < -0.4 is 10.1 Å². The van der Waals surface area contributed by atoms with Crippen LogP contribution in [0.4, 0.5) is 19.0 Å². The third-order valence-electron chi connectivity index (χ3n) is 5.68. The molecule has 1 aliphatic rings. The predicted molar refractivity (Wildman–Crippen MR) is 121 cm³/mol. The lowest BCUT2D eigenvalue weighted by Gasteiger charge is -2.20. The Balaban J connectivity index is 1.75. The van der Waals surface area contributed by atoms with Crippen molar-refractivity contribution in [1.82, 2.24) is 9.97 Å². The smallest absolute Gasteiger partial charge is 0.266 e. The summed E-state index contributed by atoms with van der Waals surface area (Å²) < 4.78 is 70.0. The van der Waals surface area contributed by atoms with Crippen LogP contribution in [-0.4, -0.2) is 37.0 Å². The minimum Gasteiger partial charge on any atom is -0.496 e. The number of alkyl halides is 2. The van der Waals surface area contributed by atoms with Crippen LogP contribution in [0.5, 0.6) is 5.75 Å². The van der Waals surface area contributed by atoms with Gasteiger partial charge in [-0.25, -0.2) is 31.6 Å². The molecule has 0 saturated carbocycles. The third kappa shape index (κ3) is 4.66. The molecule has 2 heterocycles. The summed E-state index contributed by atoms with van der Waals surface area (Å²) in [7, 11) is -1.58. The summed E-state index contributed by atoms with van der Waals surface area (Å²) in [5.74, 6) is -0.0188. The van der Waals surface area contributed by atoms with Gasteiger partial charge in [-0.1, -0.05) is 24.3 Å². The van der Waals surface area contributed by atoms with Crippen molar-refractivity contribution in [3.63, 3.8) is 0 Å². The maximum absolute atomic E-state index is 14.6. The number of fused-ring (bicyclic) bond motifs is 1. The van der Waals surface area contributed by atoms with Crippen molar-refractivity contribution >= 4 is 32.1 Å². The Morgan fingerprint density at radius 3 is 2.58 bits per heavy atom. The highest BCUT2D eigenvalue weighted by atomic mass is 32.2. The Hall–Kier alpha value is -3.14. The second kappa shape index (κ2) is 9.01. The van der Waals surface area contributed by atoms with Crippen LogP contribution in [0.2, 0.25) is 0 Å². The minimum absolute atomic E-state index is 0.0449. The molecule has 0 amide bonds. The second-order valence-electron chi connectivity index (χ2n) is 7.80. The first-order valence-corrected chi connectivity index (χ1v) is 12.1. The van der Waals surface area contributed by atoms with Crippen LogP contribution >= 0.6 is 0 Å². The number of sulfone groups is 1. The number of aromatic nitrogens is 2. The molecule has 1 aliphatic heterocycles. The van der Waals surface area contributed by atoms with Gasteiger partial charge >= 0.3 is 0 Å². The predicted octanol–water partition coefficient (Wildman–Crippen LogP) is 5.09. The van der Waals surface area contributed by atoms with E-state index in [1.807, 2.05) is 0 Å². The van der Waals surface area contributed by atoms with E-state index >= 15 is 0 Å². The van der Waals surface area contributed by atoms with E-state index in [1.165, 1.54) is 25.6 Å². The van der Waals surface area contributed by atoms with E-state index in [-0.39, 0.29) is 17.1 Å². The molecule has 174 valence electrons. The van der Waals surface area contributed by atoms with E-state index in [4.69, 9.17) is 4.74 Å². The van der Waals surface area contributed by atoms with Gasteiger partial charge < -0.3 is 10.1 Å². The van der Waals surface area contributed by atoms with Crippen molar-refractivity contribution in [2.24, 2.45) is 0 Å². The van der Waals surface area contributed by atoms with Crippen molar-refractivity contribution in [3.05, 3.63) is 65.2 Å². The fourth-order valence-corrected chi connectivity index (χ4v) is 5.05. The average molecular weight is 478 g/mol. The standard InChI is InChI=1S/C23H22F3N3O3S/c1-13(15-4-3-5-16(21(15)24)22(25)26)29-23-18-10-17(14-6-8-33(30,31)9-7-14)20(32-2)11-19(18)27-12-28-23/h3-6,10-13,22H,7-9H2,1-2H3,(H,27,28,29)/t13-/m1/s1. The van der Waals surface area contributed by atoms with Gasteiger partial charge in [0.25, 0.3) is 6.43 Å². The van der Waals surface area contributed by atoms with Gasteiger partial charge in [0.2, 0.25) is 0 Å². The molecule has 0 radical (unpaired) electrons. The molecule has 0 bridgehead atoms. The number of nitrogens with zero attached hydrogens (tertiary/aromatic N) is 2. The number of rotatable bonds is 6. The van der Waals surface area contributed by atoms with Gasteiger partial charge in [0.15, 0.2) is 9.84 Å². The van der Waals surface area contributed by atoms with Crippen LogP contribution in [0.25, 0.3) is 16.5 Å². The molecule has 3 aromatic rings. The molecule has 0 aliphatic carbocycles. The fraction of sp³-hybridized carbons (Fsp3) is 0.304. The van der Waals surface area contributed by atoms with Crippen LogP contribution in [0.15, 0.2) is 42.7 Å². The zero-order valence-electron chi connectivity index (χ0n) is 18.0. The number of benzene rings is 2. The van der Waals surface area contributed by atoms with Crippen LogP contribution in [0, 0.1) is 5.82 Å². The molecule has 33 heavy (non-hydrogen) atoms. The number of allylic oxidation sites excluding steroid dienone is 1. The quantitative estimate of drug-likeness (QED) is 0.533. The summed E-state index contributed by atoms with van der Waals surface area (Å²) in [5, 5.41) is 3.71. The summed E-state index contributed by atoms with van der Waals surface area (Å²) in [4.78, 5) is 8.55. The zero-order valence-corrected chi connectivity index (χ0v) is 18.8. The molecule has 0 unspecified atom stereocenters. The Morgan fingerprint density at radius 1 is 1.15 bits per heavy atom. The van der Waals surface area contributed by atoms with E-state index in [9.17, 15) is 21.6 Å². The van der Waals surface area contributed by atoms with Gasteiger partial charge in [-0.15, -0.1) is 0 Å². The molecule has 0 saturated heterocycles. The minimum atomic E-state index is -3.10. The molecule has 1 N–H and O–H groups in total. The van der Waals surface area contributed by atoms with Crippen molar-refractivity contribution in [2.45, 2.75) is 25.8 Å². The topological polar surface area (TPSA) is 81.2 Å². The van der Waals surface area contributed by atoms with Crippen LogP contribution in [0.3, 0.4) is 0 Å². The van der Waals surface area contributed by atoms with Gasteiger partial charge in [0, 0.05) is 22.6 Å². The Bertz CT molecular complexity index is 1340. The first-order valence-electron chi connectivity index (χ1n) is 10.3. The van der Waals surface area contributed by atoms with Crippen molar-refractivity contribution in [2.75, 3.05) is 23.9 Å². The summed E-state index contributed by atoms with van der Waals surface area (Å²) in [6, 6.07) is 6.77. The molecular weight excluding hydrogens is 455 g/mol. The number of ether oxygens (including phenoxy) is 1. The summed E-state index contributed by atoms with van der Waals surface area (Å²) in [6.07, 6.45) is 0.449. The first-order chi connectivity index (χ1) is 15.7. The summed E-state index contributed by atoms with van der Waals surface area (Å²) >= 11 is 0. The number of anilines is 1. The molecule has 6 nitrogen and oxygen atoms in total. The Labute approximate surface area is 189 Å². The molecule has 0 fully saturated rings. The molecule has 2 aromatic carbocycles. The lowest BCUT2D eigenvalue weighted by atomic mass is 9.99. The second-order valence-corrected chi connectivity index (χ2v) is 10.0. The monoisotopic (exact) mass is 477 g/mol. The van der Waals surface area contributed by atoms with E-state index < -0.39 is 33.7 Å². The number of hydrogen-bond donors (Lipinski definition) is 1. The van der Waals surface area contributed by atoms with Gasteiger partial charge in [-0.3, -0.25) is 0 Å². The molecule has 10 heteroatoms. The maximum Gasteiger partial charge on any atom is 0.266 e. The van der Waals surface area contributed by atoms with Crippen molar-refractivity contribution in [3.8, 4) is 5.75 Å². The van der Waals surface area contributed by atoms with Gasteiger partial charge in [-0.05, 0) is 25.0 Å². The van der Waals surface area contributed by atoms with Crippen LogP contribution in [-0.2, 0) is 9.84 Å². The van der Waals surface area contributed by atoms with E-state index in [0.717, 1.165) is 17.2 Å². The van der Waals surface area contributed by atoms with E-state index in [2.05, 4.69) is 15.3 Å². The lowest BCUT2D eigenvalue weighted by Crippen LogP contribution is -2.15. The molecular formula is C23H22F3N3O3S.